The van der Waals surface area contributed by atoms with Crippen LogP contribution in [0.25, 0.3) is 0 Å². The topological polar surface area (TPSA) is 12.5 Å². The number of piperidine rings is 1. The third-order valence-corrected chi connectivity index (χ3v) is 4.21. The minimum Gasteiger partial charge on any atom is -0.381 e. The van der Waals surface area contributed by atoms with Crippen LogP contribution in [0.3, 0.4) is 0 Å². The quantitative estimate of drug-likeness (QED) is 0.771. The van der Waals surface area contributed by atoms with Gasteiger partial charge < -0.3 is 4.74 Å². The first kappa shape index (κ1) is 11.2. The lowest BCUT2D eigenvalue weighted by Crippen LogP contribution is -2.25. The van der Waals surface area contributed by atoms with Gasteiger partial charge in [-0.25, -0.2) is 0 Å². The minimum absolute atomic E-state index is 0.863. The molecule has 0 unspecified atom stereocenters. The smallest absolute Gasteiger partial charge is 0.0500 e. The van der Waals surface area contributed by atoms with Gasteiger partial charge in [0.05, 0.1) is 6.61 Å². The highest BCUT2D eigenvalue weighted by Crippen LogP contribution is 2.51. The zero-order valence-corrected chi connectivity index (χ0v) is 10.5. The van der Waals surface area contributed by atoms with Crippen molar-refractivity contribution in [1.82, 2.24) is 4.90 Å². The van der Waals surface area contributed by atoms with Gasteiger partial charge in [-0.2, -0.15) is 0 Å². The van der Waals surface area contributed by atoms with Crippen molar-refractivity contribution in [3.05, 3.63) is 35.9 Å². The van der Waals surface area contributed by atoms with Crippen LogP contribution in [0.15, 0.2) is 30.3 Å². The van der Waals surface area contributed by atoms with Gasteiger partial charge in [0.15, 0.2) is 0 Å². The number of benzene rings is 1. The molecule has 0 N–H and O–H groups in total. The highest BCUT2D eigenvalue weighted by Gasteiger charge is 2.55. The fraction of sp³-hybridized carbons (Fsp3) is 0.600. The molecule has 0 radical (unpaired) electrons. The largest absolute Gasteiger partial charge is 0.381 e. The van der Waals surface area contributed by atoms with E-state index in [-0.39, 0.29) is 0 Å². The number of rotatable bonds is 5. The molecule has 0 aromatic heterocycles. The Labute approximate surface area is 104 Å². The third-order valence-electron chi connectivity index (χ3n) is 4.21. The average Bonchev–Trinajstić information content (AvgIpc) is 2.81. The van der Waals surface area contributed by atoms with Crippen molar-refractivity contribution in [1.29, 1.82) is 0 Å². The van der Waals surface area contributed by atoms with E-state index in [2.05, 4.69) is 42.2 Å². The van der Waals surface area contributed by atoms with Crippen molar-refractivity contribution in [2.24, 2.45) is 17.8 Å². The van der Waals surface area contributed by atoms with E-state index in [0.717, 1.165) is 37.5 Å². The molecule has 1 saturated carbocycles. The second kappa shape index (κ2) is 4.79. The number of hydrogen-bond donors (Lipinski definition) is 0. The van der Waals surface area contributed by atoms with Crippen LogP contribution in [0, 0.1) is 17.8 Å². The van der Waals surface area contributed by atoms with Crippen molar-refractivity contribution >= 4 is 0 Å². The van der Waals surface area contributed by atoms with Gasteiger partial charge in [0.1, 0.15) is 0 Å². The summed E-state index contributed by atoms with van der Waals surface area (Å²) in [5.74, 6) is 2.71. The van der Waals surface area contributed by atoms with Gasteiger partial charge >= 0.3 is 0 Å². The molecular weight excluding hydrogens is 210 g/mol. The number of ether oxygens (including phenoxy) is 1. The summed E-state index contributed by atoms with van der Waals surface area (Å²) in [6, 6.07) is 10.8. The van der Waals surface area contributed by atoms with Crippen LogP contribution in [0.4, 0.5) is 0 Å². The summed E-state index contributed by atoms with van der Waals surface area (Å²) in [4.78, 5) is 2.59. The van der Waals surface area contributed by atoms with E-state index in [9.17, 15) is 0 Å². The van der Waals surface area contributed by atoms with Crippen LogP contribution >= 0.6 is 0 Å². The molecule has 0 bridgehead atoms. The summed E-state index contributed by atoms with van der Waals surface area (Å²) in [5.41, 5.74) is 1.44. The van der Waals surface area contributed by atoms with Crippen LogP contribution in [-0.2, 0) is 11.3 Å². The summed E-state index contributed by atoms with van der Waals surface area (Å²) in [6.07, 6.45) is 0. The van der Waals surface area contributed by atoms with Crippen LogP contribution < -0.4 is 0 Å². The molecule has 17 heavy (non-hydrogen) atoms. The van der Waals surface area contributed by atoms with Gasteiger partial charge in [-0.05, 0) is 30.2 Å². The maximum atomic E-state index is 5.53. The predicted molar refractivity (Wildman–Crippen MR) is 68.7 cm³/mol. The van der Waals surface area contributed by atoms with Crippen molar-refractivity contribution in [3.63, 3.8) is 0 Å². The normalized spacial score (nSPS) is 31.5. The molecule has 0 amide bonds. The molecule has 1 aromatic carbocycles. The fourth-order valence-corrected chi connectivity index (χ4v) is 3.21. The second-order valence-corrected chi connectivity index (χ2v) is 5.33. The fourth-order valence-electron chi connectivity index (χ4n) is 3.21. The van der Waals surface area contributed by atoms with E-state index in [4.69, 9.17) is 4.74 Å². The average molecular weight is 231 g/mol. The highest BCUT2D eigenvalue weighted by molar-refractivity contribution is 5.15. The summed E-state index contributed by atoms with van der Waals surface area (Å²) < 4.78 is 5.53. The number of likely N-dealkylation sites (tertiary alicyclic amines) is 1. The van der Waals surface area contributed by atoms with Crippen molar-refractivity contribution < 1.29 is 4.74 Å². The maximum Gasteiger partial charge on any atom is 0.0500 e. The number of hydrogen-bond acceptors (Lipinski definition) is 2. The van der Waals surface area contributed by atoms with Crippen molar-refractivity contribution in [3.8, 4) is 0 Å². The Kier molecular flexibility index (Phi) is 3.17. The third kappa shape index (κ3) is 2.38. The Balaban J connectivity index is 1.46. The maximum absolute atomic E-state index is 5.53. The molecule has 0 spiro atoms. The van der Waals surface area contributed by atoms with E-state index in [0.29, 0.717) is 0 Å². The summed E-state index contributed by atoms with van der Waals surface area (Å²) in [6.45, 7) is 7.61. The molecule has 2 heteroatoms. The Hall–Kier alpha value is -0.860. The monoisotopic (exact) mass is 231 g/mol. The highest BCUT2D eigenvalue weighted by atomic mass is 16.5. The van der Waals surface area contributed by atoms with E-state index in [1.165, 1.54) is 18.7 Å². The molecule has 3 rings (SSSR count). The molecule has 2 fully saturated rings. The van der Waals surface area contributed by atoms with Gasteiger partial charge in [0.2, 0.25) is 0 Å². The lowest BCUT2D eigenvalue weighted by Gasteiger charge is -2.19. The van der Waals surface area contributed by atoms with Gasteiger partial charge in [0.25, 0.3) is 0 Å². The standard InChI is InChI=1S/C15H21NO/c1-2-17-11-15-13-9-16(10-14(13)15)8-12-6-4-3-5-7-12/h3-7,13-15H,2,8-11H2,1H3/t13-,14+,15+. The second-order valence-electron chi connectivity index (χ2n) is 5.33. The van der Waals surface area contributed by atoms with E-state index in [1.807, 2.05) is 0 Å². The number of fused-ring (bicyclic) bond motifs is 1. The van der Waals surface area contributed by atoms with Crippen molar-refractivity contribution in [2.45, 2.75) is 13.5 Å². The Bertz CT molecular complexity index is 352. The summed E-state index contributed by atoms with van der Waals surface area (Å²) in [7, 11) is 0. The molecular formula is C15H21NO. The van der Waals surface area contributed by atoms with Gasteiger partial charge in [0, 0.05) is 26.2 Å². The first-order valence-corrected chi connectivity index (χ1v) is 6.72. The number of nitrogens with zero attached hydrogens (tertiary/aromatic N) is 1. The minimum atomic E-state index is 0.863. The Morgan fingerprint density at radius 3 is 2.53 bits per heavy atom. The van der Waals surface area contributed by atoms with Crippen LogP contribution in [0.1, 0.15) is 12.5 Å². The summed E-state index contributed by atoms with van der Waals surface area (Å²) >= 11 is 0. The molecule has 92 valence electrons. The van der Waals surface area contributed by atoms with Crippen molar-refractivity contribution in [2.75, 3.05) is 26.3 Å². The van der Waals surface area contributed by atoms with Crippen LogP contribution in [0.5, 0.6) is 0 Å². The predicted octanol–water partition coefficient (Wildman–Crippen LogP) is 2.40. The molecule has 1 aliphatic heterocycles. The molecule has 1 heterocycles. The molecule has 2 nitrogen and oxygen atoms in total. The first-order valence-electron chi connectivity index (χ1n) is 6.72. The first-order chi connectivity index (χ1) is 8.38. The lowest BCUT2D eigenvalue weighted by molar-refractivity contribution is 0.120. The Morgan fingerprint density at radius 2 is 1.88 bits per heavy atom. The zero-order valence-electron chi connectivity index (χ0n) is 10.5. The van der Waals surface area contributed by atoms with Gasteiger partial charge in [-0.3, -0.25) is 4.90 Å². The molecule has 1 saturated heterocycles. The summed E-state index contributed by atoms with van der Waals surface area (Å²) in [5, 5.41) is 0. The molecule has 1 aliphatic carbocycles. The van der Waals surface area contributed by atoms with E-state index < -0.39 is 0 Å². The van der Waals surface area contributed by atoms with Gasteiger partial charge in [-0.1, -0.05) is 30.3 Å². The van der Waals surface area contributed by atoms with E-state index in [1.54, 1.807) is 0 Å². The molecule has 2 aliphatic rings. The van der Waals surface area contributed by atoms with Crippen LogP contribution in [0.2, 0.25) is 0 Å². The zero-order chi connectivity index (χ0) is 11.7. The Morgan fingerprint density at radius 1 is 1.18 bits per heavy atom. The molecule has 1 aromatic rings. The molecule has 3 atom stereocenters. The van der Waals surface area contributed by atoms with Gasteiger partial charge in [-0.15, -0.1) is 0 Å². The van der Waals surface area contributed by atoms with E-state index >= 15 is 0 Å². The van der Waals surface area contributed by atoms with Crippen LogP contribution in [-0.4, -0.2) is 31.2 Å². The SMILES string of the molecule is CCOC[C@@H]1[C@H]2CN(Cc3ccccc3)C[C@@H]12. The lowest BCUT2D eigenvalue weighted by atomic mass is 10.2.